The molecule has 0 aromatic heterocycles. The van der Waals surface area contributed by atoms with Crippen LogP contribution in [0.3, 0.4) is 0 Å². The second-order valence-electron chi connectivity index (χ2n) is 5.10. The third-order valence-corrected chi connectivity index (χ3v) is 3.76. The van der Waals surface area contributed by atoms with Gasteiger partial charge in [0.2, 0.25) is 11.7 Å². The molecule has 0 bridgehead atoms. The molecule has 0 saturated carbocycles. The number of carbonyl (C=O) groups is 1. The van der Waals surface area contributed by atoms with E-state index < -0.39 is 0 Å². The maximum absolute atomic E-state index is 12.4. The monoisotopic (exact) mass is 365 g/mol. The number of nitrogens with one attached hydrogen (secondary N) is 1. The standard InChI is InChI=1S/C18H20ClNO5/c1-22-14-6-5-12(19)10-13(14)20-17(21)9-11-7-15(23-2)18(25-4)16(8-11)24-3/h5-8,10H,9H2,1-4H3,(H,20,21). The second-order valence-corrected chi connectivity index (χ2v) is 5.54. The molecule has 1 N–H and O–H groups in total. The molecular formula is C18H20ClNO5. The van der Waals surface area contributed by atoms with Gasteiger partial charge in [-0.3, -0.25) is 4.79 Å². The third-order valence-electron chi connectivity index (χ3n) is 3.52. The first-order valence-corrected chi connectivity index (χ1v) is 7.82. The van der Waals surface area contributed by atoms with E-state index in [1.165, 1.54) is 28.4 Å². The van der Waals surface area contributed by atoms with E-state index >= 15 is 0 Å². The predicted molar refractivity (Wildman–Crippen MR) is 96.4 cm³/mol. The average molecular weight is 366 g/mol. The first kappa shape index (κ1) is 18.7. The van der Waals surface area contributed by atoms with Gasteiger partial charge in [0.15, 0.2) is 11.5 Å². The smallest absolute Gasteiger partial charge is 0.228 e. The van der Waals surface area contributed by atoms with Crippen molar-refractivity contribution in [3.05, 3.63) is 40.9 Å². The highest BCUT2D eigenvalue weighted by molar-refractivity contribution is 6.31. The van der Waals surface area contributed by atoms with Gasteiger partial charge in [-0.25, -0.2) is 0 Å². The summed E-state index contributed by atoms with van der Waals surface area (Å²) in [5.74, 6) is 1.76. The molecule has 134 valence electrons. The number of benzene rings is 2. The number of hydrogen-bond acceptors (Lipinski definition) is 5. The number of ether oxygens (including phenoxy) is 4. The lowest BCUT2D eigenvalue weighted by Crippen LogP contribution is -2.15. The van der Waals surface area contributed by atoms with E-state index in [4.69, 9.17) is 30.5 Å². The van der Waals surface area contributed by atoms with Crippen LogP contribution in [0.4, 0.5) is 5.69 Å². The minimum absolute atomic E-state index is 0.117. The molecule has 25 heavy (non-hydrogen) atoms. The number of carbonyl (C=O) groups excluding carboxylic acids is 1. The zero-order valence-electron chi connectivity index (χ0n) is 14.5. The molecule has 2 aromatic rings. The maximum Gasteiger partial charge on any atom is 0.228 e. The highest BCUT2D eigenvalue weighted by Crippen LogP contribution is 2.38. The molecule has 0 spiro atoms. The largest absolute Gasteiger partial charge is 0.495 e. The number of rotatable bonds is 7. The molecule has 0 heterocycles. The normalized spacial score (nSPS) is 10.1. The summed E-state index contributed by atoms with van der Waals surface area (Å²) in [6.45, 7) is 0. The lowest BCUT2D eigenvalue weighted by Gasteiger charge is -2.14. The van der Waals surface area contributed by atoms with E-state index in [1.54, 1.807) is 30.3 Å². The second kappa shape index (κ2) is 8.48. The van der Waals surface area contributed by atoms with Gasteiger partial charge in [-0.05, 0) is 35.9 Å². The summed E-state index contributed by atoms with van der Waals surface area (Å²) in [5.41, 5.74) is 1.22. The Labute approximate surface area is 151 Å². The molecule has 0 aliphatic rings. The van der Waals surface area contributed by atoms with Crippen molar-refractivity contribution in [2.24, 2.45) is 0 Å². The van der Waals surface area contributed by atoms with Gasteiger partial charge in [-0.1, -0.05) is 11.6 Å². The minimum atomic E-state index is -0.227. The Morgan fingerprint density at radius 3 is 2.04 bits per heavy atom. The molecule has 7 heteroatoms. The molecule has 0 radical (unpaired) electrons. The summed E-state index contributed by atoms with van der Waals surface area (Å²) in [7, 11) is 6.10. The SMILES string of the molecule is COc1ccc(Cl)cc1NC(=O)Cc1cc(OC)c(OC)c(OC)c1. The molecule has 2 rings (SSSR count). The fourth-order valence-electron chi connectivity index (χ4n) is 2.40. The van der Waals surface area contributed by atoms with Crippen LogP contribution in [0.15, 0.2) is 30.3 Å². The van der Waals surface area contributed by atoms with E-state index in [1.807, 2.05) is 0 Å². The van der Waals surface area contributed by atoms with Crippen LogP contribution in [0.2, 0.25) is 5.02 Å². The summed E-state index contributed by atoms with van der Waals surface area (Å²) in [5, 5.41) is 3.30. The lowest BCUT2D eigenvalue weighted by atomic mass is 10.1. The van der Waals surface area contributed by atoms with Gasteiger partial charge >= 0.3 is 0 Å². The Hall–Kier alpha value is -2.60. The van der Waals surface area contributed by atoms with Crippen LogP contribution < -0.4 is 24.3 Å². The number of amides is 1. The van der Waals surface area contributed by atoms with Crippen LogP contribution in [-0.4, -0.2) is 34.3 Å². The molecule has 2 aromatic carbocycles. The summed E-state index contributed by atoms with van der Waals surface area (Å²) < 4.78 is 21.1. The van der Waals surface area contributed by atoms with Crippen molar-refractivity contribution in [3.63, 3.8) is 0 Å². The van der Waals surface area contributed by atoms with Gasteiger partial charge in [0, 0.05) is 5.02 Å². The van der Waals surface area contributed by atoms with Crippen LogP contribution in [0, 0.1) is 0 Å². The Morgan fingerprint density at radius 2 is 1.52 bits per heavy atom. The van der Waals surface area contributed by atoms with Crippen molar-refractivity contribution in [2.45, 2.75) is 6.42 Å². The minimum Gasteiger partial charge on any atom is -0.495 e. The summed E-state index contributed by atoms with van der Waals surface area (Å²) in [4.78, 5) is 12.4. The van der Waals surface area contributed by atoms with E-state index in [-0.39, 0.29) is 12.3 Å². The molecule has 0 saturated heterocycles. The average Bonchev–Trinajstić information content (AvgIpc) is 2.60. The first-order chi connectivity index (χ1) is 12.0. The van der Waals surface area contributed by atoms with Gasteiger partial charge in [0.05, 0.1) is 40.5 Å². The van der Waals surface area contributed by atoms with Gasteiger partial charge in [-0.15, -0.1) is 0 Å². The van der Waals surface area contributed by atoms with E-state index in [0.717, 1.165) is 0 Å². The Kier molecular flexibility index (Phi) is 6.36. The molecule has 0 aliphatic carbocycles. The van der Waals surface area contributed by atoms with Gasteiger partial charge < -0.3 is 24.3 Å². The van der Waals surface area contributed by atoms with Crippen LogP contribution >= 0.6 is 11.6 Å². The van der Waals surface area contributed by atoms with E-state index in [9.17, 15) is 4.79 Å². The Morgan fingerprint density at radius 1 is 0.920 bits per heavy atom. The van der Waals surface area contributed by atoms with Crippen molar-refractivity contribution in [1.29, 1.82) is 0 Å². The molecule has 0 unspecified atom stereocenters. The summed E-state index contributed by atoms with van der Waals surface area (Å²) in [6.07, 6.45) is 0.117. The van der Waals surface area contributed by atoms with Crippen LogP contribution in [0.25, 0.3) is 0 Å². The van der Waals surface area contributed by atoms with Gasteiger partial charge in [0.1, 0.15) is 5.75 Å². The molecule has 1 amide bonds. The van der Waals surface area contributed by atoms with Crippen LogP contribution in [-0.2, 0) is 11.2 Å². The lowest BCUT2D eigenvalue weighted by molar-refractivity contribution is -0.115. The molecule has 0 fully saturated rings. The first-order valence-electron chi connectivity index (χ1n) is 7.44. The van der Waals surface area contributed by atoms with E-state index in [2.05, 4.69) is 5.32 Å². The van der Waals surface area contributed by atoms with E-state index in [0.29, 0.717) is 39.3 Å². The summed E-state index contributed by atoms with van der Waals surface area (Å²) >= 11 is 5.98. The quantitative estimate of drug-likeness (QED) is 0.812. The third kappa shape index (κ3) is 4.48. The highest BCUT2D eigenvalue weighted by atomic mass is 35.5. The number of halogens is 1. The zero-order chi connectivity index (χ0) is 18.4. The Bertz CT molecular complexity index is 738. The topological polar surface area (TPSA) is 66.0 Å². The maximum atomic E-state index is 12.4. The fraction of sp³-hybridized carbons (Fsp3) is 0.278. The predicted octanol–water partition coefficient (Wildman–Crippen LogP) is 3.56. The molecule has 0 aliphatic heterocycles. The summed E-state index contributed by atoms with van der Waals surface area (Å²) in [6, 6.07) is 8.48. The number of methoxy groups -OCH3 is 4. The fourth-order valence-corrected chi connectivity index (χ4v) is 2.57. The molecule has 6 nitrogen and oxygen atoms in total. The van der Waals surface area contributed by atoms with Gasteiger partial charge in [-0.2, -0.15) is 0 Å². The highest BCUT2D eigenvalue weighted by Gasteiger charge is 2.16. The number of anilines is 1. The van der Waals surface area contributed by atoms with Crippen LogP contribution in [0.5, 0.6) is 23.0 Å². The molecular weight excluding hydrogens is 346 g/mol. The van der Waals surface area contributed by atoms with Crippen molar-refractivity contribution in [2.75, 3.05) is 33.8 Å². The molecule has 0 atom stereocenters. The zero-order valence-corrected chi connectivity index (χ0v) is 15.3. The van der Waals surface area contributed by atoms with Crippen molar-refractivity contribution in [1.82, 2.24) is 0 Å². The van der Waals surface area contributed by atoms with Gasteiger partial charge in [0.25, 0.3) is 0 Å². The number of hydrogen-bond donors (Lipinski definition) is 1. The van der Waals surface area contributed by atoms with Crippen molar-refractivity contribution in [3.8, 4) is 23.0 Å². The van der Waals surface area contributed by atoms with Crippen molar-refractivity contribution < 1.29 is 23.7 Å². The van der Waals surface area contributed by atoms with Crippen molar-refractivity contribution >= 4 is 23.2 Å². The Balaban J connectivity index is 2.22. The van der Waals surface area contributed by atoms with Crippen LogP contribution in [0.1, 0.15) is 5.56 Å².